The lowest BCUT2D eigenvalue weighted by Crippen LogP contribution is -2.74. The topological polar surface area (TPSA) is 79.0 Å². The van der Waals surface area contributed by atoms with Crippen LogP contribution < -0.4 is 5.32 Å². The van der Waals surface area contributed by atoms with Crippen LogP contribution in [0.15, 0.2) is 0 Å². The number of urea groups is 1. The Kier molecular flexibility index (Phi) is 4.59. The van der Waals surface area contributed by atoms with Crippen molar-refractivity contribution in [3.63, 3.8) is 0 Å². The van der Waals surface area contributed by atoms with Gasteiger partial charge in [-0.15, -0.1) is 0 Å². The second-order valence-corrected chi connectivity index (χ2v) is 9.02. The minimum absolute atomic E-state index is 0.00226. The standard InChI is InChI=1S/C17H29N3O4/c1-15(2,3)12(21)7-18-13(22)19-8-17(9-19)10-20(11-17)14(23)24-16(4,5)6/h7-11H2,1-6H3,(H,18,22). The molecule has 2 aliphatic heterocycles. The first kappa shape index (κ1) is 18.5. The van der Waals surface area contributed by atoms with Crippen LogP contribution in [0.25, 0.3) is 0 Å². The summed E-state index contributed by atoms with van der Waals surface area (Å²) in [6.45, 7) is 13.5. The summed E-state index contributed by atoms with van der Waals surface area (Å²) < 4.78 is 5.33. The third-order valence-corrected chi connectivity index (χ3v) is 4.28. The zero-order valence-electron chi connectivity index (χ0n) is 15.6. The molecule has 0 aromatic rings. The number of carbonyl (C=O) groups is 3. The molecular formula is C17H29N3O4. The summed E-state index contributed by atoms with van der Waals surface area (Å²) in [5.74, 6) is 0.00540. The average Bonchev–Trinajstić information content (AvgIpc) is 2.28. The van der Waals surface area contributed by atoms with Crippen molar-refractivity contribution in [1.29, 1.82) is 0 Å². The molecule has 0 saturated carbocycles. The fraction of sp³-hybridized carbons (Fsp3) is 0.824. The smallest absolute Gasteiger partial charge is 0.410 e. The third-order valence-electron chi connectivity index (χ3n) is 4.28. The molecule has 2 rings (SSSR count). The number of carbonyl (C=O) groups excluding carboxylic acids is 3. The van der Waals surface area contributed by atoms with Crippen LogP contribution in [0.3, 0.4) is 0 Å². The average molecular weight is 339 g/mol. The lowest BCUT2D eigenvalue weighted by atomic mass is 9.73. The SMILES string of the molecule is CC(C)(C)OC(=O)N1CC2(CN(C(=O)NCC(=O)C(C)(C)C)C2)C1. The zero-order chi connectivity index (χ0) is 18.3. The van der Waals surface area contributed by atoms with Crippen LogP contribution in [0.5, 0.6) is 0 Å². The van der Waals surface area contributed by atoms with Gasteiger partial charge in [0.1, 0.15) is 5.60 Å². The van der Waals surface area contributed by atoms with Crippen molar-refractivity contribution in [1.82, 2.24) is 15.1 Å². The van der Waals surface area contributed by atoms with Gasteiger partial charge in [-0.3, -0.25) is 4.79 Å². The number of hydrogen-bond donors (Lipinski definition) is 1. The lowest BCUT2D eigenvalue weighted by Gasteiger charge is -2.59. The molecule has 1 N–H and O–H groups in total. The van der Waals surface area contributed by atoms with E-state index in [1.54, 1.807) is 9.80 Å². The number of amides is 3. The second-order valence-electron chi connectivity index (χ2n) is 9.02. The molecule has 0 aliphatic carbocycles. The fourth-order valence-corrected chi connectivity index (χ4v) is 2.86. The summed E-state index contributed by atoms with van der Waals surface area (Å²) in [5.41, 5.74) is -0.946. The Morgan fingerprint density at radius 1 is 0.958 bits per heavy atom. The molecule has 0 atom stereocenters. The van der Waals surface area contributed by atoms with E-state index < -0.39 is 11.0 Å². The van der Waals surface area contributed by atoms with E-state index in [0.29, 0.717) is 26.2 Å². The van der Waals surface area contributed by atoms with Gasteiger partial charge in [0.15, 0.2) is 5.78 Å². The molecule has 2 saturated heterocycles. The summed E-state index contributed by atoms with van der Waals surface area (Å²) in [5, 5.41) is 2.67. The molecule has 7 nitrogen and oxygen atoms in total. The van der Waals surface area contributed by atoms with E-state index >= 15 is 0 Å². The van der Waals surface area contributed by atoms with Gasteiger partial charge >= 0.3 is 12.1 Å². The fourth-order valence-electron chi connectivity index (χ4n) is 2.86. The Morgan fingerprint density at radius 3 is 1.92 bits per heavy atom. The molecule has 0 aromatic heterocycles. The molecule has 136 valence electrons. The van der Waals surface area contributed by atoms with Crippen LogP contribution >= 0.6 is 0 Å². The number of hydrogen-bond acceptors (Lipinski definition) is 4. The van der Waals surface area contributed by atoms with Gasteiger partial charge in [-0.25, -0.2) is 9.59 Å². The van der Waals surface area contributed by atoms with Crippen molar-refractivity contribution in [2.45, 2.75) is 47.1 Å². The molecule has 2 heterocycles. The second kappa shape index (κ2) is 5.93. The number of ether oxygens (including phenoxy) is 1. The number of ketones is 1. The predicted octanol–water partition coefficient (Wildman–Crippen LogP) is 1.86. The number of nitrogens with zero attached hydrogens (tertiary/aromatic N) is 2. The van der Waals surface area contributed by atoms with Gasteiger partial charge in [-0.1, -0.05) is 20.8 Å². The van der Waals surface area contributed by atoms with E-state index in [4.69, 9.17) is 4.74 Å². The Hall–Kier alpha value is -1.79. The van der Waals surface area contributed by atoms with Crippen molar-refractivity contribution in [2.24, 2.45) is 10.8 Å². The maximum absolute atomic E-state index is 12.0. The van der Waals surface area contributed by atoms with E-state index in [0.717, 1.165) is 0 Å². The molecule has 3 amide bonds. The number of likely N-dealkylation sites (tertiary alicyclic amines) is 2. The maximum atomic E-state index is 12.0. The van der Waals surface area contributed by atoms with Crippen LogP contribution in [0.1, 0.15) is 41.5 Å². The number of Topliss-reactive ketones (excluding diaryl/α,β-unsaturated/α-hetero) is 1. The molecule has 24 heavy (non-hydrogen) atoms. The van der Waals surface area contributed by atoms with Crippen molar-refractivity contribution < 1.29 is 19.1 Å². The van der Waals surface area contributed by atoms with E-state index in [-0.39, 0.29) is 29.9 Å². The maximum Gasteiger partial charge on any atom is 0.410 e. The number of rotatable bonds is 2. The van der Waals surface area contributed by atoms with Crippen LogP contribution in [0, 0.1) is 10.8 Å². The van der Waals surface area contributed by atoms with Crippen LogP contribution in [0.4, 0.5) is 9.59 Å². The van der Waals surface area contributed by atoms with Gasteiger partial charge in [0.05, 0.1) is 6.54 Å². The first-order valence-electron chi connectivity index (χ1n) is 8.35. The first-order chi connectivity index (χ1) is 10.8. The highest BCUT2D eigenvalue weighted by Gasteiger charge is 2.55. The molecule has 0 radical (unpaired) electrons. The van der Waals surface area contributed by atoms with Gasteiger partial charge in [-0.2, -0.15) is 0 Å². The number of nitrogens with one attached hydrogen (secondary N) is 1. The van der Waals surface area contributed by atoms with Gasteiger partial charge in [0, 0.05) is 37.0 Å². The Bertz CT molecular complexity index is 531. The van der Waals surface area contributed by atoms with E-state index in [2.05, 4.69) is 5.32 Å². The van der Waals surface area contributed by atoms with Crippen LogP contribution in [0.2, 0.25) is 0 Å². The van der Waals surface area contributed by atoms with Gasteiger partial charge < -0.3 is 19.9 Å². The predicted molar refractivity (Wildman–Crippen MR) is 89.7 cm³/mol. The molecule has 1 spiro atoms. The highest BCUT2D eigenvalue weighted by atomic mass is 16.6. The molecule has 0 bridgehead atoms. The quantitative estimate of drug-likeness (QED) is 0.833. The monoisotopic (exact) mass is 339 g/mol. The van der Waals surface area contributed by atoms with E-state index in [9.17, 15) is 14.4 Å². The van der Waals surface area contributed by atoms with Crippen LogP contribution in [-0.2, 0) is 9.53 Å². The van der Waals surface area contributed by atoms with Crippen molar-refractivity contribution in [3.8, 4) is 0 Å². The summed E-state index contributed by atoms with van der Waals surface area (Å²) in [6.07, 6.45) is -0.299. The van der Waals surface area contributed by atoms with Gasteiger partial charge in [0.2, 0.25) is 0 Å². The van der Waals surface area contributed by atoms with Crippen molar-refractivity contribution in [2.75, 3.05) is 32.7 Å². The molecule has 7 heteroatoms. The normalized spacial score (nSPS) is 19.4. The largest absolute Gasteiger partial charge is 0.444 e. The van der Waals surface area contributed by atoms with E-state index in [1.165, 1.54) is 0 Å². The van der Waals surface area contributed by atoms with Crippen molar-refractivity contribution in [3.05, 3.63) is 0 Å². The van der Waals surface area contributed by atoms with Gasteiger partial charge in [0.25, 0.3) is 0 Å². The summed E-state index contributed by atoms with van der Waals surface area (Å²) >= 11 is 0. The van der Waals surface area contributed by atoms with Gasteiger partial charge in [-0.05, 0) is 20.8 Å². The highest BCUT2D eigenvalue weighted by molar-refractivity contribution is 5.89. The molecule has 2 fully saturated rings. The minimum atomic E-state index is -0.495. The summed E-state index contributed by atoms with van der Waals surface area (Å²) in [6, 6.07) is -0.214. The Labute approximate surface area is 143 Å². The molecule has 0 unspecified atom stereocenters. The minimum Gasteiger partial charge on any atom is -0.444 e. The van der Waals surface area contributed by atoms with Crippen molar-refractivity contribution >= 4 is 17.9 Å². The third kappa shape index (κ3) is 4.19. The Morgan fingerprint density at radius 2 is 1.46 bits per heavy atom. The highest BCUT2D eigenvalue weighted by Crippen LogP contribution is 2.40. The van der Waals surface area contributed by atoms with Crippen LogP contribution in [-0.4, -0.2) is 66.0 Å². The summed E-state index contributed by atoms with van der Waals surface area (Å²) in [7, 11) is 0. The Balaban J connectivity index is 1.70. The molecule has 0 aromatic carbocycles. The first-order valence-corrected chi connectivity index (χ1v) is 8.35. The van der Waals surface area contributed by atoms with E-state index in [1.807, 2.05) is 41.5 Å². The molecular weight excluding hydrogens is 310 g/mol. The molecule has 2 aliphatic rings. The zero-order valence-corrected chi connectivity index (χ0v) is 15.6. The summed E-state index contributed by atoms with van der Waals surface area (Å²) in [4.78, 5) is 39.2. The lowest BCUT2D eigenvalue weighted by molar-refractivity contribution is -0.125.